The van der Waals surface area contributed by atoms with Crippen molar-refractivity contribution < 1.29 is 9.90 Å². The molecule has 0 aliphatic heterocycles. The molecule has 0 unspecified atom stereocenters. The van der Waals surface area contributed by atoms with Crippen molar-refractivity contribution in [1.29, 1.82) is 0 Å². The lowest BCUT2D eigenvalue weighted by molar-refractivity contribution is 0.0697. The van der Waals surface area contributed by atoms with Gasteiger partial charge >= 0.3 is 5.97 Å². The number of hydrogen-bond donors (Lipinski definition) is 2. The van der Waals surface area contributed by atoms with Crippen molar-refractivity contribution in [2.75, 3.05) is 12.3 Å². The third-order valence-electron chi connectivity index (χ3n) is 1.59. The van der Waals surface area contributed by atoms with Crippen LogP contribution >= 0.6 is 0 Å². The number of aromatic carboxylic acids is 1. The molecule has 0 bridgehead atoms. The van der Waals surface area contributed by atoms with E-state index in [-0.39, 0.29) is 17.9 Å². The van der Waals surface area contributed by atoms with E-state index < -0.39 is 5.97 Å². The number of aromatic nitrogens is 1. The molecule has 1 aromatic rings. The Balaban J connectivity index is 2.97. The van der Waals surface area contributed by atoms with E-state index in [1.54, 1.807) is 0 Å². The zero-order chi connectivity index (χ0) is 12.0. The first kappa shape index (κ1) is 11.4. The van der Waals surface area contributed by atoms with Gasteiger partial charge in [0.25, 0.3) is 0 Å². The molecule has 1 aromatic heterocycles. The first-order chi connectivity index (χ1) is 7.65. The molecule has 0 amide bonds. The summed E-state index contributed by atoms with van der Waals surface area (Å²) >= 11 is 0. The standard InChI is InChI=1S/C9H7N5O2/c10-8-7(9(15)16)4-6(5-12-8)2-1-3-13-14-11/h4-5H,3H2,(H2,10,12)(H,15,16). The average Bonchev–Trinajstić information content (AvgIpc) is 2.26. The highest BCUT2D eigenvalue weighted by Crippen LogP contribution is 2.09. The second-order valence-electron chi connectivity index (χ2n) is 2.65. The summed E-state index contributed by atoms with van der Waals surface area (Å²) in [5.74, 6) is 3.92. The number of carboxylic acids is 1. The first-order valence-corrected chi connectivity index (χ1v) is 4.13. The van der Waals surface area contributed by atoms with Crippen molar-refractivity contribution >= 4 is 11.8 Å². The fraction of sp³-hybridized carbons (Fsp3) is 0.111. The predicted molar refractivity (Wildman–Crippen MR) is 56.5 cm³/mol. The van der Waals surface area contributed by atoms with Crippen LogP contribution in [-0.4, -0.2) is 22.6 Å². The molecular formula is C9H7N5O2. The number of carboxylic acid groups (broad SMARTS) is 1. The van der Waals surface area contributed by atoms with Gasteiger partial charge in [-0.3, -0.25) is 0 Å². The van der Waals surface area contributed by atoms with E-state index in [1.165, 1.54) is 12.3 Å². The van der Waals surface area contributed by atoms with Crippen LogP contribution in [0.15, 0.2) is 17.4 Å². The summed E-state index contributed by atoms with van der Waals surface area (Å²) in [4.78, 5) is 16.9. The van der Waals surface area contributed by atoms with Gasteiger partial charge in [0.05, 0.1) is 6.54 Å². The molecule has 80 valence electrons. The van der Waals surface area contributed by atoms with E-state index in [9.17, 15) is 4.79 Å². The van der Waals surface area contributed by atoms with Crippen LogP contribution in [-0.2, 0) is 0 Å². The van der Waals surface area contributed by atoms with Crippen LogP contribution in [0.3, 0.4) is 0 Å². The first-order valence-electron chi connectivity index (χ1n) is 4.13. The van der Waals surface area contributed by atoms with Crippen molar-refractivity contribution in [3.63, 3.8) is 0 Å². The summed E-state index contributed by atoms with van der Waals surface area (Å²) in [6.07, 6.45) is 1.35. The van der Waals surface area contributed by atoms with E-state index >= 15 is 0 Å². The Morgan fingerprint density at radius 2 is 2.50 bits per heavy atom. The quantitative estimate of drug-likeness (QED) is 0.332. The third kappa shape index (κ3) is 2.90. The fourth-order valence-corrected chi connectivity index (χ4v) is 0.924. The lowest BCUT2D eigenvalue weighted by Gasteiger charge is -1.98. The minimum absolute atomic E-state index is 0.0171. The number of nitrogen functional groups attached to an aromatic ring is 1. The monoisotopic (exact) mass is 217 g/mol. The lowest BCUT2D eigenvalue weighted by atomic mass is 10.2. The highest BCUT2D eigenvalue weighted by molar-refractivity contribution is 5.92. The smallest absolute Gasteiger partial charge is 0.339 e. The number of rotatable bonds is 2. The molecule has 0 atom stereocenters. The summed E-state index contributed by atoms with van der Waals surface area (Å²) in [7, 11) is 0. The SMILES string of the molecule is [N-]=[N+]=NCC#Cc1cnc(N)c(C(=O)O)c1. The molecule has 0 saturated heterocycles. The van der Waals surface area contributed by atoms with Crippen LogP contribution in [0.4, 0.5) is 5.82 Å². The maximum absolute atomic E-state index is 10.7. The normalized spacial score (nSPS) is 8.50. The van der Waals surface area contributed by atoms with E-state index in [4.69, 9.17) is 16.4 Å². The van der Waals surface area contributed by atoms with Gasteiger partial charge in [0.2, 0.25) is 0 Å². The second kappa shape index (κ2) is 5.24. The van der Waals surface area contributed by atoms with E-state index in [1.807, 2.05) is 0 Å². The second-order valence-corrected chi connectivity index (χ2v) is 2.65. The Morgan fingerprint density at radius 1 is 1.75 bits per heavy atom. The Kier molecular flexibility index (Phi) is 3.72. The van der Waals surface area contributed by atoms with Gasteiger partial charge in [-0.1, -0.05) is 17.0 Å². The molecule has 0 aliphatic carbocycles. The molecule has 16 heavy (non-hydrogen) atoms. The van der Waals surface area contributed by atoms with Crippen LogP contribution in [0.5, 0.6) is 0 Å². The Labute approximate surface area is 90.5 Å². The molecule has 0 radical (unpaired) electrons. The number of hydrogen-bond acceptors (Lipinski definition) is 4. The Morgan fingerprint density at radius 3 is 3.12 bits per heavy atom. The van der Waals surface area contributed by atoms with Gasteiger partial charge in [-0.05, 0) is 11.6 Å². The summed E-state index contributed by atoms with van der Waals surface area (Å²) in [5.41, 5.74) is 13.7. The van der Waals surface area contributed by atoms with E-state index in [2.05, 4.69) is 26.9 Å². The molecule has 0 saturated carbocycles. The summed E-state index contributed by atoms with van der Waals surface area (Å²) < 4.78 is 0. The summed E-state index contributed by atoms with van der Waals surface area (Å²) in [6, 6.07) is 1.31. The minimum Gasteiger partial charge on any atom is -0.478 e. The van der Waals surface area contributed by atoms with Gasteiger partial charge in [0.1, 0.15) is 11.4 Å². The van der Waals surface area contributed by atoms with Gasteiger partial charge in [-0.15, -0.1) is 0 Å². The van der Waals surface area contributed by atoms with Gasteiger partial charge in [0, 0.05) is 16.7 Å². The molecule has 0 aliphatic rings. The highest BCUT2D eigenvalue weighted by atomic mass is 16.4. The van der Waals surface area contributed by atoms with Crippen molar-refractivity contribution in [3.8, 4) is 11.8 Å². The molecule has 7 nitrogen and oxygen atoms in total. The van der Waals surface area contributed by atoms with Crippen LogP contribution in [0.1, 0.15) is 15.9 Å². The molecular weight excluding hydrogens is 210 g/mol. The molecule has 0 aromatic carbocycles. The zero-order valence-electron chi connectivity index (χ0n) is 8.08. The van der Waals surface area contributed by atoms with Crippen LogP contribution in [0.2, 0.25) is 0 Å². The van der Waals surface area contributed by atoms with Gasteiger partial charge in [-0.2, -0.15) is 0 Å². The third-order valence-corrected chi connectivity index (χ3v) is 1.59. The van der Waals surface area contributed by atoms with Crippen molar-refractivity contribution in [2.45, 2.75) is 0 Å². The van der Waals surface area contributed by atoms with Gasteiger partial charge in [-0.25, -0.2) is 9.78 Å². The molecule has 1 heterocycles. The molecule has 0 spiro atoms. The molecule has 0 fully saturated rings. The number of nitrogens with zero attached hydrogens (tertiary/aromatic N) is 4. The fourth-order valence-electron chi connectivity index (χ4n) is 0.924. The largest absolute Gasteiger partial charge is 0.478 e. The highest BCUT2D eigenvalue weighted by Gasteiger charge is 2.08. The molecule has 7 heteroatoms. The minimum atomic E-state index is -1.16. The number of carbonyl (C=O) groups is 1. The number of nitrogens with two attached hydrogens (primary N) is 1. The predicted octanol–water partition coefficient (Wildman–Crippen LogP) is 1.02. The van der Waals surface area contributed by atoms with Crippen LogP contribution in [0.25, 0.3) is 10.4 Å². The van der Waals surface area contributed by atoms with Crippen LogP contribution < -0.4 is 5.73 Å². The Hall–Kier alpha value is -2.71. The number of pyridine rings is 1. The van der Waals surface area contributed by atoms with Crippen LogP contribution in [0, 0.1) is 11.8 Å². The lowest BCUT2D eigenvalue weighted by Crippen LogP contribution is -2.04. The maximum Gasteiger partial charge on any atom is 0.339 e. The van der Waals surface area contributed by atoms with Crippen molar-refractivity contribution in [2.24, 2.45) is 5.11 Å². The van der Waals surface area contributed by atoms with E-state index in [0.29, 0.717) is 5.56 Å². The summed E-state index contributed by atoms with van der Waals surface area (Å²) in [5, 5.41) is 12.0. The van der Waals surface area contributed by atoms with Crippen molar-refractivity contribution in [1.82, 2.24) is 4.98 Å². The van der Waals surface area contributed by atoms with Gasteiger partial charge in [0.15, 0.2) is 0 Å². The maximum atomic E-state index is 10.7. The number of azide groups is 1. The molecule has 3 N–H and O–H groups in total. The summed E-state index contributed by atoms with van der Waals surface area (Å²) in [6.45, 7) is 0.0171. The zero-order valence-corrected chi connectivity index (χ0v) is 8.08. The van der Waals surface area contributed by atoms with Crippen molar-refractivity contribution in [3.05, 3.63) is 33.8 Å². The number of anilines is 1. The Bertz CT molecular complexity index is 522. The average molecular weight is 217 g/mol. The van der Waals surface area contributed by atoms with Gasteiger partial charge < -0.3 is 10.8 Å². The topological polar surface area (TPSA) is 125 Å². The van der Waals surface area contributed by atoms with E-state index in [0.717, 1.165) is 0 Å². The molecule has 1 rings (SSSR count).